The highest BCUT2D eigenvalue weighted by atomic mass is 32.2. The summed E-state index contributed by atoms with van der Waals surface area (Å²) in [7, 11) is 1.94. The van der Waals surface area contributed by atoms with E-state index in [1.165, 1.54) is 0 Å². The number of hydrogen-bond acceptors (Lipinski definition) is 6. The molecule has 2 N–H and O–H groups in total. The van der Waals surface area contributed by atoms with Gasteiger partial charge in [-0.1, -0.05) is 17.8 Å². The Morgan fingerprint density at radius 1 is 1.44 bits per heavy atom. The molecule has 144 valence electrons. The molecule has 1 unspecified atom stereocenters. The molecule has 8 nitrogen and oxygen atoms in total. The van der Waals surface area contributed by atoms with Crippen molar-refractivity contribution >= 4 is 23.6 Å². The van der Waals surface area contributed by atoms with Crippen LogP contribution in [0, 0.1) is 0 Å². The molecule has 3 rings (SSSR count). The molecule has 1 saturated heterocycles. The number of pyridine rings is 1. The van der Waals surface area contributed by atoms with Crippen LogP contribution in [0.2, 0.25) is 0 Å². The number of nitrogens with zero attached hydrogens (tertiary/aromatic N) is 4. The van der Waals surface area contributed by atoms with Gasteiger partial charge in [0, 0.05) is 63.8 Å². The molecule has 3 heterocycles. The first kappa shape index (κ1) is 19.4. The highest BCUT2D eigenvalue weighted by Crippen LogP contribution is 2.14. The number of imidazole rings is 1. The van der Waals surface area contributed by atoms with Crippen molar-refractivity contribution in [2.75, 3.05) is 25.4 Å². The van der Waals surface area contributed by atoms with Gasteiger partial charge in [-0.25, -0.2) is 4.98 Å². The van der Waals surface area contributed by atoms with E-state index >= 15 is 0 Å². The maximum Gasteiger partial charge on any atom is 0.237 e. The number of piperazine rings is 1. The molecule has 0 aliphatic carbocycles. The van der Waals surface area contributed by atoms with Gasteiger partial charge in [0.1, 0.15) is 0 Å². The van der Waals surface area contributed by atoms with Crippen molar-refractivity contribution in [3.63, 3.8) is 0 Å². The second kappa shape index (κ2) is 9.52. The zero-order chi connectivity index (χ0) is 19.1. The zero-order valence-corrected chi connectivity index (χ0v) is 16.1. The minimum atomic E-state index is -0.457. The first-order chi connectivity index (χ1) is 13.1. The highest BCUT2D eigenvalue weighted by molar-refractivity contribution is 7.99. The highest BCUT2D eigenvalue weighted by Gasteiger charge is 2.31. The second-order valence-corrected chi connectivity index (χ2v) is 7.42. The van der Waals surface area contributed by atoms with Crippen molar-refractivity contribution in [2.45, 2.75) is 24.2 Å². The largest absolute Gasteiger partial charge is 0.355 e. The van der Waals surface area contributed by atoms with Crippen LogP contribution in [-0.2, 0) is 23.2 Å². The third-order valence-corrected chi connectivity index (χ3v) is 5.42. The number of aryl methyl sites for hydroxylation is 1. The Morgan fingerprint density at radius 3 is 3.07 bits per heavy atom. The van der Waals surface area contributed by atoms with Crippen LogP contribution >= 0.6 is 11.8 Å². The first-order valence-corrected chi connectivity index (χ1v) is 9.89. The van der Waals surface area contributed by atoms with Crippen molar-refractivity contribution in [2.24, 2.45) is 7.05 Å². The Morgan fingerprint density at radius 2 is 2.33 bits per heavy atom. The standard InChI is InChI=1S/C18H24N6O2S/c1-23-8-5-22-18(23)27-10-7-20-16(25)11-15-17(26)21-6-9-24(15)13-14-3-2-4-19-12-14/h2-5,8,12,15H,6-7,9-11,13H2,1H3,(H,20,25)(H,21,26). The molecule has 0 radical (unpaired) electrons. The van der Waals surface area contributed by atoms with Gasteiger partial charge in [0.2, 0.25) is 11.8 Å². The van der Waals surface area contributed by atoms with Crippen LogP contribution < -0.4 is 10.6 Å². The summed E-state index contributed by atoms with van der Waals surface area (Å²) in [6, 6.07) is 3.40. The SMILES string of the molecule is Cn1ccnc1SCCNC(=O)CC1C(=O)NCCN1Cc1cccnc1. The smallest absolute Gasteiger partial charge is 0.237 e. The van der Waals surface area contributed by atoms with Gasteiger partial charge in [-0.05, 0) is 11.6 Å². The summed E-state index contributed by atoms with van der Waals surface area (Å²) in [5.74, 6) is 0.517. The van der Waals surface area contributed by atoms with Crippen LogP contribution in [0.1, 0.15) is 12.0 Å². The quantitative estimate of drug-likeness (QED) is 0.503. The lowest BCUT2D eigenvalue weighted by molar-refractivity contribution is -0.134. The second-order valence-electron chi connectivity index (χ2n) is 6.36. The van der Waals surface area contributed by atoms with Gasteiger partial charge in [-0.2, -0.15) is 0 Å². The van der Waals surface area contributed by atoms with Gasteiger partial charge < -0.3 is 15.2 Å². The van der Waals surface area contributed by atoms with Gasteiger partial charge in [0.15, 0.2) is 5.16 Å². The van der Waals surface area contributed by atoms with Crippen molar-refractivity contribution in [1.29, 1.82) is 0 Å². The lowest BCUT2D eigenvalue weighted by Gasteiger charge is -2.34. The third-order valence-electron chi connectivity index (χ3n) is 4.36. The molecule has 1 aliphatic heterocycles. The summed E-state index contributed by atoms with van der Waals surface area (Å²) in [5, 5.41) is 6.67. The molecule has 0 saturated carbocycles. The summed E-state index contributed by atoms with van der Waals surface area (Å²) in [6.45, 7) is 2.45. The average Bonchev–Trinajstić information content (AvgIpc) is 3.07. The van der Waals surface area contributed by atoms with E-state index < -0.39 is 6.04 Å². The fourth-order valence-corrected chi connectivity index (χ4v) is 3.76. The number of carbonyl (C=O) groups excluding carboxylic acids is 2. The van der Waals surface area contributed by atoms with E-state index in [1.807, 2.05) is 34.8 Å². The lowest BCUT2D eigenvalue weighted by atomic mass is 10.1. The van der Waals surface area contributed by atoms with Crippen molar-refractivity contribution in [3.05, 3.63) is 42.5 Å². The number of nitrogens with one attached hydrogen (secondary N) is 2. The molecule has 1 aliphatic rings. The number of thioether (sulfide) groups is 1. The number of hydrogen-bond donors (Lipinski definition) is 2. The maximum atomic E-state index is 12.3. The normalized spacial score (nSPS) is 17.5. The molecule has 2 amide bonds. The lowest BCUT2D eigenvalue weighted by Crippen LogP contribution is -2.56. The van der Waals surface area contributed by atoms with E-state index in [2.05, 4.69) is 20.6 Å². The van der Waals surface area contributed by atoms with Crippen molar-refractivity contribution in [1.82, 2.24) is 30.1 Å². The Hall–Kier alpha value is -2.39. The zero-order valence-electron chi connectivity index (χ0n) is 15.3. The van der Waals surface area contributed by atoms with Crippen molar-refractivity contribution < 1.29 is 9.59 Å². The topological polar surface area (TPSA) is 92.1 Å². The van der Waals surface area contributed by atoms with E-state index in [0.29, 0.717) is 26.2 Å². The van der Waals surface area contributed by atoms with Gasteiger partial charge in [0.05, 0.1) is 12.5 Å². The number of amides is 2. The van der Waals surface area contributed by atoms with Crippen LogP contribution in [0.25, 0.3) is 0 Å². The summed E-state index contributed by atoms with van der Waals surface area (Å²) >= 11 is 1.59. The van der Waals surface area contributed by atoms with Crippen molar-refractivity contribution in [3.8, 4) is 0 Å². The molecule has 0 bridgehead atoms. The van der Waals surface area contributed by atoms with Crippen LogP contribution in [0.15, 0.2) is 42.1 Å². The maximum absolute atomic E-state index is 12.3. The molecular weight excluding hydrogens is 364 g/mol. The van der Waals surface area contributed by atoms with E-state index in [0.717, 1.165) is 16.5 Å². The molecule has 2 aromatic rings. The predicted octanol–water partition coefficient (Wildman–Crippen LogP) is 0.414. The Balaban J connectivity index is 1.47. The first-order valence-electron chi connectivity index (χ1n) is 8.91. The molecule has 1 atom stereocenters. The van der Waals surface area contributed by atoms with E-state index in [9.17, 15) is 9.59 Å². The number of carbonyl (C=O) groups is 2. The van der Waals surface area contributed by atoms with Gasteiger partial charge in [-0.15, -0.1) is 0 Å². The summed E-state index contributed by atoms with van der Waals surface area (Å²) in [5.41, 5.74) is 1.03. The summed E-state index contributed by atoms with van der Waals surface area (Å²) < 4.78 is 1.94. The monoisotopic (exact) mass is 388 g/mol. The third kappa shape index (κ3) is 5.54. The summed E-state index contributed by atoms with van der Waals surface area (Å²) in [4.78, 5) is 35.0. The summed E-state index contributed by atoms with van der Waals surface area (Å²) in [6.07, 6.45) is 7.30. The number of aromatic nitrogens is 3. The van der Waals surface area contributed by atoms with E-state index in [1.54, 1.807) is 30.4 Å². The molecule has 0 aromatic carbocycles. The molecular formula is C18H24N6O2S. The number of rotatable bonds is 8. The Labute approximate surface area is 162 Å². The molecule has 1 fully saturated rings. The van der Waals surface area contributed by atoms with Gasteiger partial charge in [-0.3, -0.25) is 19.5 Å². The molecule has 9 heteroatoms. The fourth-order valence-electron chi connectivity index (χ4n) is 2.97. The van der Waals surface area contributed by atoms with E-state index in [4.69, 9.17) is 0 Å². The van der Waals surface area contributed by atoms with E-state index in [-0.39, 0.29) is 18.2 Å². The Kier molecular flexibility index (Phi) is 6.83. The van der Waals surface area contributed by atoms with Crippen LogP contribution in [0.3, 0.4) is 0 Å². The molecule has 0 spiro atoms. The molecule has 2 aromatic heterocycles. The minimum absolute atomic E-state index is 0.0947. The minimum Gasteiger partial charge on any atom is -0.355 e. The Bertz CT molecular complexity index is 766. The van der Waals surface area contributed by atoms with Crippen LogP contribution in [0.4, 0.5) is 0 Å². The van der Waals surface area contributed by atoms with Gasteiger partial charge in [0.25, 0.3) is 0 Å². The van der Waals surface area contributed by atoms with Crippen LogP contribution in [0.5, 0.6) is 0 Å². The van der Waals surface area contributed by atoms with Crippen LogP contribution in [-0.4, -0.2) is 62.7 Å². The predicted molar refractivity (Wildman–Crippen MR) is 103 cm³/mol. The van der Waals surface area contributed by atoms with Gasteiger partial charge >= 0.3 is 0 Å². The fraction of sp³-hybridized carbons (Fsp3) is 0.444. The average molecular weight is 388 g/mol. The molecule has 27 heavy (non-hydrogen) atoms.